The zero-order chi connectivity index (χ0) is 37.8. The molecule has 0 bridgehead atoms. The summed E-state index contributed by atoms with van der Waals surface area (Å²) in [6.45, 7) is 5.76. The van der Waals surface area contributed by atoms with Crippen LogP contribution in [0.25, 0.3) is 11.4 Å². The summed E-state index contributed by atoms with van der Waals surface area (Å²) in [6.07, 6.45) is -4.18. The fourth-order valence-electron chi connectivity index (χ4n) is 5.61. The number of carbonyl (C=O) groups excluding carboxylic acids is 3. The highest BCUT2D eigenvalue weighted by atomic mass is 79.9. The van der Waals surface area contributed by atoms with Crippen molar-refractivity contribution in [1.82, 2.24) is 20.5 Å². The number of ketones is 1. The molecule has 1 aliphatic rings. The summed E-state index contributed by atoms with van der Waals surface area (Å²) in [4.78, 5) is 42.2. The number of ether oxygens (including phenoxy) is 1. The Morgan fingerprint density at radius 2 is 1.53 bits per heavy atom. The molecule has 9 nitrogen and oxygen atoms in total. The van der Waals surface area contributed by atoms with Crippen molar-refractivity contribution in [3.63, 3.8) is 0 Å². The fourth-order valence-corrected chi connectivity index (χ4v) is 5.87. The summed E-state index contributed by atoms with van der Waals surface area (Å²) in [5, 5.41) is 10.3. The first-order chi connectivity index (χ1) is 23.7. The Labute approximate surface area is 297 Å². The van der Waals surface area contributed by atoms with E-state index in [1.165, 1.54) is 29.4 Å². The Kier molecular flexibility index (Phi) is 12.2. The number of benzene rings is 2. The predicted molar refractivity (Wildman–Crippen MR) is 176 cm³/mol. The Bertz CT molecular complexity index is 1670. The van der Waals surface area contributed by atoms with Gasteiger partial charge in [-0.15, -0.1) is 0 Å². The molecule has 4 rings (SSSR count). The third kappa shape index (κ3) is 10.3. The van der Waals surface area contributed by atoms with Gasteiger partial charge in [-0.2, -0.15) is 35.8 Å². The molecule has 1 unspecified atom stereocenters. The number of rotatable bonds is 12. The van der Waals surface area contributed by atoms with Gasteiger partial charge in [-0.25, -0.2) is 9.78 Å². The Morgan fingerprint density at radius 3 is 2.10 bits per heavy atom. The lowest BCUT2D eigenvalue weighted by Crippen LogP contribution is -2.50. The molecule has 0 saturated heterocycles. The summed E-state index contributed by atoms with van der Waals surface area (Å²) in [7, 11) is 0. The highest BCUT2D eigenvalue weighted by molar-refractivity contribution is 9.10. The summed E-state index contributed by atoms with van der Waals surface area (Å²) in [6, 6.07) is 12.5. The van der Waals surface area contributed by atoms with Gasteiger partial charge in [-0.1, -0.05) is 28.1 Å². The summed E-state index contributed by atoms with van der Waals surface area (Å²) in [5.41, 5.74) is 0.420. The molecule has 1 saturated carbocycles. The lowest BCUT2D eigenvalue weighted by molar-refractivity contribution is -0.361. The standard InChI is InChI=1S/C34H37BrF7N5O4/c1-31(2,3)51-30(50)43-18-20-4-8-21(9-5-20)26(48)17-23(16-19-6-12-24(35)13-7-19)28(49)44-25-14-10-22(11-15-25)27-45-29(47-46-27)32(36,37)33(38,39)34(40,41)42/h6-7,10-15,20-21,23H,4-5,8-9,16-18H2,1-3H3,(H,43,50)(H,44,49)(H,45,46,47). The molecule has 1 aliphatic carbocycles. The van der Waals surface area contributed by atoms with Crippen LogP contribution in [0.15, 0.2) is 53.0 Å². The van der Waals surface area contributed by atoms with Crippen molar-refractivity contribution in [1.29, 1.82) is 0 Å². The van der Waals surface area contributed by atoms with E-state index < -0.39 is 53.2 Å². The quantitative estimate of drug-likeness (QED) is 0.158. The zero-order valence-electron chi connectivity index (χ0n) is 27.9. The molecule has 17 heteroatoms. The molecule has 278 valence electrons. The lowest BCUT2D eigenvalue weighted by Gasteiger charge is -2.29. The number of nitrogens with zero attached hydrogens (tertiary/aromatic N) is 2. The van der Waals surface area contributed by atoms with Crippen LogP contribution in [0, 0.1) is 17.8 Å². The highest BCUT2D eigenvalue weighted by Crippen LogP contribution is 2.51. The number of hydrogen-bond acceptors (Lipinski definition) is 6. The van der Waals surface area contributed by atoms with Crippen LogP contribution < -0.4 is 10.6 Å². The average Bonchev–Trinajstić information content (AvgIpc) is 3.55. The molecule has 0 spiro atoms. The first-order valence-corrected chi connectivity index (χ1v) is 16.9. The van der Waals surface area contributed by atoms with E-state index >= 15 is 0 Å². The molecule has 2 aromatic carbocycles. The molecule has 0 aliphatic heterocycles. The molecule has 51 heavy (non-hydrogen) atoms. The van der Waals surface area contributed by atoms with Crippen molar-refractivity contribution in [2.45, 2.75) is 82.9 Å². The number of H-pyrrole nitrogens is 1. The number of aromatic amines is 1. The van der Waals surface area contributed by atoms with Crippen molar-refractivity contribution in [3.05, 3.63) is 64.4 Å². The van der Waals surface area contributed by atoms with E-state index in [4.69, 9.17) is 4.74 Å². The Balaban J connectivity index is 1.40. The average molecular weight is 793 g/mol. The van der Waals surface area contributed by atoms with Gasteiger partial charge >= 0.3 is 24.1 Å². The minimum Gasteiger partial charge on any atom is -0.444 e. The SMILES string of the molecule is CC(C)(C)OC(=O)NCC1CCC(C(=O)CC(Cc2ccc(Br)cc2)C(=O)Nc2ccc(-c3n[nH]c(C(F)(F)C(F)(F)C(F)(F)F)n3)cc2)CC1. The van der Waals surface area contributed by atoms with E-state index in [0.29, 0.717) is 19.4 Å². The van der Waals surface area contributed by atoms with Gasteiger partial charge in [0.25, 0.3) is 0 Å². The second-order valence-corrected chi connectivity index (χ2v) is 14.4. The maximum Gasteiger partial charge on any atom is 0.460 e. The van der Waals surface area contributed by atoms with E-state index in [0.717, 1.165) is 22.9 Å². The fraction of sp³-hybridized carbons (Fsp3) is 0.500. The van der Waals surface area contributed by atoms with E-state index in [1.54, 1.807) is 20.8 Å². The maximum atomic E-state index is 14.1. The molecule has 3 aromatic rings. The van der Waals surface area contributed by atoms with Gasteiger partial charge in [0.1, 0.15) is 11.4 Å². The van der Waals surface area contributed by atoms with Gasteiger partial charge < -0.3 is 15.4 Å². The van der Waals surface area contributed by atoms with Crippen LogP contribution in [-0.2, 0) is 26.7 Å². The van der Waals surface area contributed by atoms with E-state index in [1.807, 2.05) is 24.3 Å². The smallest absolute Gasteiger partial charge is 0.444 e. The van der Waals surface area contributed by atoms with Crippen molar-refractivity contribution >= 4 is 39.4 Å². The highest BCUT2D eigenvalue weighted by Gasteiger charge is 2.75. The minimum atomic E-state index is -6.54. The number of hydrogen-bond donors (Lipinski definition) is 3. The molecule has 3 N–H and O–H groups in total. The largest absolute Gasteiger partial charge is 0.460 e. The van der Waals surface area contributed by atoms with Crippen molar-refractivity contribution < 1.29 is 49.9 Å². The van der Waals surface area contributed by atoms with Crippen LogP contribution in [0.2, 0.25) is 0 Å². The van der Waals surface area contributed by atoms with Crippen molar-refractivity contribution in [3.8, 4) is 11.4 Å². The van der Waals surface area contributed by atoms with Gasteiger partial charge in [0.15, 0.2) is 5.82 Å². The minimum absolute atomic E-state index is 0.0138. The van der Waals surface area contributed by atoms with Gasteiger partial charge in [0.05, 0.1) is 0 Å². The first-order valence-electron chi connectivity index (χ1n) is 16.1. The molecule has 1 aromatic heterocycles. The van der Waals surface area contributed by atoms with E-state index in [-0.39, 0.29) is 41.7 Å². The van der Waals surface area contributed by atoms with E-state index in [2.05, 4.69) is 36.6 Å². The number of anilines is 1. The zero-order valence-corrected chi connectivity index (χ0v) is 29.4. The normalized spacial score (nSPS) is 17.8. The first kappa shape index (κ1) is 39.8. The van der Waals surface area contributed by atoms with Crippen LogP contribution in [0.5, 0.6) is 0 Å². The van der Waals surface area contributed by atoms with Crippen LogP contribution in [0.1, 0.15) is 64.3 Å². The molecular formula is C34H37BrF7N5O4. The number of amides is 2. The molecule has 1 atom stereocenters. The van der Waals surface area contributed by atoms with Crippen molar-refractivity contribution in [2.75, 3.05) is 11.9 Å². The van der Waals surface area contributed by atoms with Gasteiger partial charge in [0, 0.05) is 40.5 Å². The van der Waals surface area contributed by atoms with Gasteiger partial charge in [-0.05, 0) is 101 Å². The van der Waals surface area contributed by atoms with Gasteiger partial charge in [-0.3, -0.25) is 14.7 Å². The second-order valence-electron chi connectivity index (χ2n) is 13.5. The number of alkyl carbamates (subject to hydrolysis) is 1. The molecule has 2 amide bonds. The third-order valence-electron chi connectivity index (χ3n) is 8.39. The molecule has 1 heterocycles. The number of Topliss-reactive ketones (excluding diaryl/α,β-unsaturated/α-hetero) is 1. The molecule has 1 fully saturated rings. The second kappa shape index (κ2) is 15.7. The lowest BCUT2D eigenvalue weighted by atomic mass is 9.77. The number of alkyl halides is 7. The van der Waals surface area contributed by atoms with Gasteiger partial charge in [0.2, 0.25) is 11.7 Å². The monoisotopic (exact) mass is 791 g/mol. The Morgan fingerprint density at radius 1 is 0.922 bits per heavy atom. The van der Waals surface area contributed by atoms with Crippen molar-refractivity contribution in [2.24, 2.45) is 17.8 Å². The number of carbonyl (C=O) groups is 3. The third-order valence-corrected chi connectivity index (χ3v) is 8.92. The summed E-state index contributed by atoms with van der Waals surface area (Å²) in [5.74, 6) is -16.0. The predicted octanol–water partition coefficient (Wildman–Crippen LogP) is 8.61. The topological polar surface area (TPSA) is 126 Å². The number of halogens is 8. The molecular weight excluding hydrogens is 755 g/mol. The summed E-state index contributed by atoms with van der Waals surface area (Å²) < 4.78 is 98.9. The number of nitrogens with one attached hydrogen (secondary N) is 3. The van der Waals surface area contributed by atoms with Crippen LogP contribution in [0.4, 0.5) is 41.2 Å². The number of aromatic nitrogens is 3. The van der Waals surface area contributed by atoms with E-state index in [9.17, 15) is 45.1 Å². The molecule has 0 radical (unpaired) electrons. The van der Waals surface area contributed by atoms with Crippen LogP contribution in [-0.4, -0.2) is 57.2 Å². The Hall–Kier alpha value is -4.02. The van der Waals surface area contributed by atoms with Crippen LogP contribution in [0.3, 0.4) is 0 Å². The maximum absolute atomic E-state index is 14.1. The van der Waals surface area contributed by atoms with Crippen LogP contribution >= 0.6 is 15.9 Å². The summed E-state index contributed by atoms with van der Waals surface area (Å²) >= 11 is 3.37.